The van der Waals surface area contributed by atoms with Gasteiger partial charge in [-0.2, -0.15) is 0 Å². The van der Waals surface area contributed by atoms with Crippen LogP contribution in [-0.4, -0.2) is 18.1 Å². The first-order valence-electron chi connectivity index (χ1n) is 11.3. The highest BCUT2D eigenvalue weighted by Gasteiger charge is 2.40. The van der Waals surface area contributed by atoms with E-state index in [2.05, 4.69) is 52.5 Å². The van der Waals surface area contributed by atoms with Crippen LogP contribution in [0, 0.1) is 35.5 Å². The molecule has 2 aliphatic carbocycles. The Hall–Kier alpha value is -1.35. The summed E-state index contributed by atoms with van der Waals surface area (Å²) in [5, 5.41) is 0. The molecule has 0 aromatic heterocycles. The van der Waals surface area contributed by atoms with Crippen LogP contribution in [0.3, 0.4) is 0 Å². The van der Waals surface area contributed by atoms with Crippen molar-refractivity contribution in [2.75, 3.05) is 0 Å². The van der Waals surface area contributed by atoms with E-state index in [0.29, 0.717) is 41.9 Å². The highest BCUT2D eigenvalue weighted by Crippen LogP contribution is 2.48. The van der Waals surface area contributed by atoms with Gasteiger partial charge in [-0.3, -0.25) is 4.79 Å². The average molecular weight is 386 g/mol. The summed E-state index contributed by atoms with van der Waals surface area (Å²) in [7, 11) is 0. The van der Waals surface area contributed by atoms with Crippen LogP contribution in [0.5, 0.6) is 0 Å². The standard InChI is InChI=1S/C25H39NO2/c1-15(2)18(5)12-20-11-16(3)10-19-7-6-17(4)23(25(19)20)9-8-22-13-21(26)14-24(27)28-22/h6-7,10,15-17,20-23,25H,5,8-9,11-14,26H2,1-4H3/t16-,17-,20+,21?,22+,23-,25+/m0/s1. The summed E-state index contributed by atoms with van der Waals surface area (Å²) in [6, 6.07) is -0.0389. The van der Waals surface area contributed by atoms with Crippen LogP contribution in [0.15, 0.2) is 36.0 Å². The Morgan fingerprint density at radius 2 is 2.04 bits per heavy atom. The van der Waals surface area contributed by atoms with E-state index in [4.69, 9.17) is 10.5 Å². The molecule has 0 spiro atoms. The maximum atomic E-state index is 11.8. The Balaban J connectivity index is 1.74. The first-order chi connectivity index (χ1) is 13.2. The van der Waals surface area contributed by atoms with Crippen molar-refractivity contribution < 1.29 is 9.53 Å². The zero-order valence-corrected chi connectivity index (χ0v) is 18.2. The summed E-state index contributed by atoms with van der Waals surface area (Å²) in [6.07, 6.45) is 12.8. The maximum absolute atomic E-state index is 11.8. The zero-order chi connectivity index (χ0) is 20.4. The van der Waals surface area contributed by atoms with Crippen LogP contribution >= 0.6 is 0 Å². The third-order valence-corrected chi connectivity index (χ3v) is 7.23. The second-order valence-corrected chi connectivity index (χ2v) is 9.95. The van der Waals surface area contributed by atoms with Gasteiger partial charge in [0.25, 0.3) is 0 Å². The molecule has 1 aliphatic heterocycles. The molecule has 0 radical (unpaired) electrons. The first kappa shape index (κ1) is 21.4. The van der Waals surface area contributed by atoms with Crippen molar-refractivity contribution in [3.63, 3.8) is 0 Å². The van der Waals surface area contributed by atoms with Crippen molar-refractivity contribution in [1.29, 1.82) is 0 Å². The SMILES string of the molecule is C=C(C[C@H]1C[C@@H](C)C=C2C=C[C@H](C)[C@H](CC[C@@H]3CC(N)CC(=O)O3)[C@H]21)C(C)C. The highest BCUT2D eigenvalue weighted by atomic mass is 16.5. The number of carbonyl (C=O) groups excluding carboxylic acids is 1. The molecule has 0 aromatic rings. The molecular formula is C25H39NO2. The molecule has 7 atom stereocenters. The van der Waals surface area contributed by atoms with E-state index in [1.54, 1.807) is 0 Å². The topological polar surface area (TPSA) is 52.3 Å². The number of hydrogen-bond donors (Lipinski definition) is 1. The Morgan fingerprint density at radius 3 is 2.71 bits per heavy atom. The Kier molecular flexibility index (Phi) is 6.85. The fourth-order valence-corrected chi connectivity index (χ4v) is 5.60. The number of fused-ring (bicyclic) bond motifs is 1. The highest BCUT2D eigenvalue weighted by molar-refractivity contribution is 5.71. The van der Waals surface area contributed by atoms with Crippen molar-refractivity contribution in [2.24, 2.45) is 41.2 Å². The van der Waals surface area contributed by atoms with Gasteiger partial charge in [0.15, 0.2) is 0 Å². The summed E-state index contributed by atoms with van der Waals surface area (Å²) >= 11 is 0. The molecule has 1 saturated heterocycles. The zero-order valence-electron chi connectivity index (χ0n) is 18.2. The fraction of sp³-hybridized carbons (Fsp3) is 0.720. The number of esters is 1. The molecular weight excluding hydrogens is 346 g/mol. The molecule has 28 heavy (non-hydrogen) atoms. The smallest absolute Gasteiger partial charge is 0.307 e. The van der Waals surface area contributed by atoms with Gasteiger partial charge in [-0.05, 0) is 66.8 Å². The summed E-state index contributed by atoms with van der Waals surface area (Å²) in [6.45, 7) is 13.6. The minimum Gasteiger partial charge on any atom is -0.462 e. The molecule has 0 bridgehead atoms. The number of allylic oxidation sites excluding steroid dienone is 5. The van der Waals surface area contributed by atoms with Gasteiger partial charge in [0.05, 0.1) is 6.42 Å². The van der Waals surface area contributed by atoms with Crippen LogP contribution in [0.4, 0.5) is 0 Å². The van der Waals surface area contributed by atoms with Crippen molar-refractivity contribution in [3.05, 3.63) is 36.0 Å². The van der Waals surface area contributed by atoms with Crippen LogP contribution in [0.2, 0.25) is 0 Å². The number of hydrogen-bond acceptors (Lipinski definition) is 3. The Labute approximate surface area is 171 Å². The lowest BCUT2D eigenvalue weighted by Gasteiger charge is -2.44. The van der Waals surface area contributed by atoms with Crippen molar-refractivity contribution in [3.8, 4) is 0 Å². The Morgan fingerprint density at radius 1 is 1.29 bits per heavy atom. The summed E-state index contributed by atoms with van der Waals surface area (Å²) in [4.78, 5) is 11.8. The van der Waals surface area contributed by atoms with Crippen molar-refractivity contribution in [2.45, 2.75) is 78.4 Å². The predicted molar refractivity (Wildman–Crippen MR) is 116 cm³/mol. The van der Waals surface area contributed by atoms with Crippen molar-refractivity contribution >= 4 is 5.97 Å². The van der Waals surface area contributed by atoms with Crippen LogP contribution < -0.4 is 5.73 Å². The van der Waals surface area contributed by atoms with Gasteiger partial charge in [-0.15, -0.1) is 0 Å². The van der Waals surface area contributed by atoms with Crippen molar-refractivity contribution in [1.82, 2.24) is 0 Å². The number of nitrogens with two attached hydrogens (primary N) is 1. The van der Waals surface area contributed by atoms with Gasteiger partial charge in [0, 0.05) is 12.5 Å². The van der Waals surface area contributed by atoms with Gasteiger partial charge in [0.2, 0.25) is 0 Å². The molecule has 0 aromatic carbocycles. The lowest BCUT2D eigenvalue weighted by atomic mass is 9.60. The van der Waals surface area contributed by atoms with E-state index in [1.165, 1.54) is 17.6 Å². The number of carbonyl (C=O) groups is 1. The molecule has 3 nitrogen and oxygen atoms in total. The molecule has 3 heteroatoms. The molecule has 3 aliphatic rings. The third-order valence-electron chi connectivity index (χ3n) is 7.23. The van der Waals surface area contributed by atoms with Gasteiger partial charge in [-0.25, -0.2) is 0 Å². The number of rotatable bonds is 6. The van der Waals surface area contributed by atoms with E-state index in [1.807, 2.05) is 0 Å². The summed E-state index contributed by atoms with van der Waals surface area (Å²) < 4.78 is 5.59. The first-order valence-corrected chi connectivity index (χ1v) is 11.3. The quantitative estimate of drug-likeness (QED) is 0.490. The minimum absolute atomic E-state index is 0.00613. The van der Waals surface area contributed by atoms with Crippen LogP contribution in [-0.2, 0) is 9.53 Å². The molecule has 0 saturated carbocycles. The fourth-order valence-electron chi connectivity index (χ4n) is 5.60. The average Bonchev–Trinajstić information content (AvgIpc) is 2.60. The normalized spacial score (nSPS) is 38.0. The van der Waals surface area contributed by atoms with Gasteiger partial charge in [0.1, 0.15) is 6.10 Å². The number of ether oxygens (including phenoxy) is 1. The van der Waals surface area contributed by atoms with E-state index in [-0.39, 0.29) is 18.1 Å². The largest absolute Gasteiger partial charge is 0.462 e. The van der Waals surface area contributed by atoms with E-state index >= 15 is 0 Å². The second-order valence-electron chi connectivity index (χ2n) is 9.95. The van der Waals surface area contributed by atoms with E-state index in [9.17, 15) is 4.79 Å². The molecule has 2 N–H and O–H groups in total. The van der Waals surface area contributed by atoms with E-state index < -0.39 is 0 Å². The third kappa shape index (κ3) is 4.97. The molecule has 3 rings (SSSR count). The molecule has 1 unspecified atom stereocenters. The van der Waals surface area contributed by atoms with Gasteiger partial charge >= 0.3 is 5.97 Å². The molecule has 1 fully saturated rings. The number of cyclic esters (lactones) is 1. The monoisotopic (exact) mass is 385 g/mol. The lowest BCUT2D eigenvalue weighted by Crippen LogP contribution is -2.39. The Bertz CT molecular complexity index is 647. The lowest BCUT2D eigenvalue weighted by molar-refractivity contribution is -0.155. The van der Waals surface area contributed by atoms with Crippen LogP contribution in [0.25, 0.3) is 0 Å². The second kappa shape index (κ2) is 8.98. The predicted octanol–water partition coefficient (Wildman–Crippen LogP) is 5.42. The van der Waals surface area contributed by atoms with Gasteiger partial charge in [-0.1, -0.05) is 58.1 Å². The minimum atomic E-state index is -0.126. The van der Waals surface area contributed by atoms with E-state index in [0.717, 1.165) is 25.7 Å². The summed E-state index contributed by atoms with van der Waals surface area (Å²) in [5.41, 5.74) is 8.96. The molecule has 0 amide bonds. The maximum Gasteiger partial charge on any atom is 0.307 e. The molecule has 156 valence electrons. The summed E-state index contributed by atoms with van der Waals surface area (Å²) in [5.74, 6) is 3.47. The molecule has 1 heterocycles. The van der Waals surface area contributed by atoms with Crippen LogP contribution in [0.1, 0.15) is 66.2 Å². The van der Waals surface area contributed by atoms with Gasteiger partial charge < -0.3 is 10.5 Å².